The Morgan fingerprint density at radius 2 is 1.32 bits per heavy atom. The fourth-order valence-corrected chi connectivity index (χ4v) is 3.02. The van der Waals surface area contributed by atoms with Gasteiger partial charge in [0.25, 0.3) is 0 Å². The van der Waals surface area contributed by atoms with Gasteiger partial charge in [-0.3, -0.25) is 0 Å². The van der Waals surface area contributed by atoms with Crippen molar-refractivity contribution >= 4 is 0 Å². The second-order valence-electron chi connectivity index (χ2n) is 7.52. The number of hydrogen-bond donors (Lipinski definition) is 0. The Balaban J connectivity index is 2.11. The van der Waals surface area contributed by atoms with E-state index in [9.17, 15) is 0 Å². The SMILES string of the molecule is CCC(C)(C)CC(C)(C)c1ccc(Oc2ccccc2)cc1. The molecule has 0 heterocycles. The van der Waals surface area contributed by atoms with Gasteiger partial charge in [-0.2, -0.15) is 0 Å². The summed E-state index contributed by atoms with van der Waals surface area (Å²) in [5.41, 5.74) is 1.91. The van der Waals surface area contributed by atoms with Crippen LogP contribution in [-0.4, -0.2) is 0 Å². The molecule has 22 heavy (non-hydrogen) atoms. The van der Waals surface area contributed by atoms with Gasteiger partial charge in [-0.15, -0.1) is 0 Å². The van der Waals surface area contributed by atoms with E-state index in [1.807, 2.05) is 30.3 Å². The third-order valence-corrected chi connectivity index (χ3v) is 4.49. The van der Waals surface area contributed by atoms with Gasteiger partial charge < -0.3 is 4.74 Å². The lowest BCUT2D eigenvalue weighted by Crippen LogP contribution is -2.26. The highest BCUT2D eigenvalue weighted by Gasteiger charge is 2.28. The van der Waals surface area contributed by atoms with E-state index in [-0.39, 0.29) is 5.41 Å². The van der Waals surface area contributed by atoms with Crippen molar-refractivity contribution in [2.24, 2.45) is 5.41 Å². The first-order valence-corrected chi connectivity index (χ1v) is 8.16. The molecule has 0 saturated carbocycles. The summed E-state index contributed by atoms with van der Waals surface area (Å²) < 4.78 is 5.87. The van der Waals surface area contributed by atoms with Crippen LogP contribution >= 0.6 is 0 Å². The minimum atomic E-state index is 0.171. The van der Waals surface area contributed by atoms with E-state index in [2.05, 4.69) is 58.9 Å². The van der Waals surface area contributed by atoms with Crippen molar-refractivity contribution in [1.82, 2.24) is 0 Å². The zero-order valence-corrected chi connectivity index (χ0v) is 14.5. The van der Waals surface area contributed by atoms with Gasteiger partial charge in [0.1, 0.15) is 11.5 Å². The van der Waals surface area contributed by atoms with Crippen LogP contribution in [0.2, 0.25) is 0 Å². The van der Waals surface area contributed by atoms with Gasteiger partial charge >= 0.3 is 0 Å². The maximum absolute atomic E-state index is 5.87. The summed E-state index contributed by atoms with van der Waals surface area (Å²) in [6.07, 6.45) is 2.38. The first kappa shape index (κ1) is 16.6. The topological polar surface area (TPSA) is 9.23 Å². The van der Waals surface area contributed by atoms with Crippen LogP contribution in [0.15, 0.2) is 54.6 Å². The molecule has 0 radical (unpaired) electrons. The van der Waals surface area contributed by atoms with Crippen molar-refractivity contribution in [2.45, 2.75) is 52.9 Å². The van der Waals surface area contributed by atoms with E-state index in [0.29, 0.717) is 5.41 Å². The Morgan fingerprint density at radius 3 is 1.86 bits per heavy atom. The highest BCUT2D eigenvalue weighted by atomic mass is 16.5. The van der Waals surface area contributed by atoms with Crippen molar-refractivity contribution in [1.29, 1.82) is 0 Å². The predicted octanol–water partition coefficient (Wildman–Crippen LogP) is 6.58. The molecule has 0 aliphatic carbocycles. The van der Waals surface area contributed by atoms with Crippen molar-refractivity contribution in [2.75, 3.05) is 0 Å². The zero-order chi connectivity index (χ0) is 16.2. The molecule has 1 nitrogen and oxygen atoms in total. The summed E-state index contributed by atoms with van der Waals surface area (Å²) in [5, 5.41) is 0. The van der Waals surface area contributed by atoms with E-state index in [0.717, 1.165) is 11.5 Å². The second-order valence-corrected chi connectivity index (χ2v) is 7.52. The molecule has 2 aromatic carbocycles. The minimum absolute atomic E-state index is 0.171. The Bertz CT molecular complexity index is 579. The first-order chi connectivity index (χ1) is 10.3. The molecule has 2 aromatic rings. The molecule has 0 fully saturated rings. The number of rotatable bonds is 6. The molecule has 2 rings (SSSR count). The molecule has 118 valence electrons. The summed E-state index contributed by atoms with van der Waals surface area (Å²) in [6.45, 7) is 11.6. The predicted molar refractivity (Wildman–Crippen MR) is 94.7 cm³/mol. The molecule has 0 aliphatic heterocycles. The monoisotopic (exact) mass is 296 g/mol. The molecule has 0 spiro atoms. The molecular formula is C21H28O. The summed E-state index contributed by atoms with van der Waals surface area (Å²) in [6, 6.07) is 18.5. The lowest BCUT2D eigenvalue weighted by molar-refractivity contribution is 0.248. The number of benzene rings is 2. The number of para-hydroxylation sites is 1. The highest BCUT2D eigenvalue weighted by Crippen LogP contribution is 2.39. The maximum Gasteiger partial charge on any atom is 0.127 e. The van der Waals surface area contributed by atoms with E-state index in [1.54, 1.807) is 0 Å². The summed E-state index contributed by atoms with van der Waals surface area (Å²) in [7, 11) is 0. The molecule has 0 bridgehead atoms. The fraction of sp³-hybridized carbons (Fsp3) is 0.429. The van der Waals surface area contributed by atoms with E-state index < -0.39 is 0 Å². The molecule has 0 aliphatic rings. The summed E-state index contributed by atoms with van der Waals surface area (Å²) in [5.74, 6) is 1.77. The third kappa shape index (κ3) is 4.37. The Kier molecular flexibility index (Phi) is 4.95. The summed E-state index contributed by atoms with van der Waals surface area (Å²) in [4.78, 5) is 0. The molecule has 0 saturated heterocycles. The molecule has 0 unspecified atom stereocenters. The smallest absolute Gasteiger partial charge is 0.127 e. The Morgan fingerprint density at radius 1 is 0.773 bits per heavy atom. The lowest BCUT2D eigenvalue weighted by atomic mass is 9.70. The quantitative estimate of drug-likeness (QED) is 0.584. The van der Waals surface area contributed by atoms with E-state index in [4.69, 9.17) is 4.74 Å². The van der Waals surface area contributed by atoms with Crippen LogP contribution in [-0.2, 0) is 5.41 Å². The number of hydrogen-bond acceptors (Lipinski definition) is 1. The van der Waals surface area contributed by atoms with Crippen LogP contribution in [0.4, 0.5) is 0 Å². The molecule has 0 amide bonds. The van der Waals surface area contributed by atoms with Gasteiger partial charge in [0.15, 0.2) is 0 Å². The van der Waals surface area contributed by atoms with Crippen molar-refractivity contribution in [3.8, 4) is 11.5 Å². The molecule has 0 N–H and O–H groups in total. The van der Waals surface area contributed by atoms with Gasteiger partial charge in [-0.25, -0.2) is 0 Å². The van der Waals surface area contributed by atoms with Crippen molar-refractivity contribution in [3.63, 3.8) is 0 Å². The van der Waals surface area contributed by atoms with Gasteiger partial charge in [-0.05, 0) is 47.1 Å². The molecule has 1 heteroatoms. The van der Waals surface area contributed by atoms with Crippen LogP contribution in [0.1, 0.15) is 53.0 Å². The molecule has 0 atom stereocenters. The van der Waals surface area contributed by atoms with Crippen molar-refractivity contribution in [3.05, 3.63) is 60.2 Å². The Hall–Kier alpha value is -1.76. The molecular weight excluding hydrogens is 268 g/mol. The summed E-state index contributed by atoms with van der Waals surface area (Å²) >= 11 is 0. The van der Waals surface area contributed by atoms with E-state index >= 15 is 0 Å². The molecule has 0 aromatic heterocycles. The maximum atomic E-state index is 5.87. The van der Waals surface area contributed by atoms with Crippen LogP contribution in [0.5, 0.6) is 11.5 Å². The average molecular weight is 296 g/mol. The fourth-order valence-electron chi connectivity index (χ4n) is 3.02. The van der Waals surface area contributed by atoms with Crippen LogP contribution < -0.4 is 4.74 Å². The van der Waals surface area contributed by atoms with Gasteiger partial charge in [0.2, 0.25) is 0 Å². The van der Waals surface area contributed by atoms with E-state index in [1.165, 1.54) is 18.4 Å². The van der Waals surface area contributed by atoms with Crippen LogP contribution in [0.25, 0.3) is 0 Å². The standard InChI is InChI=1S/C21H28O/c1-6-20(2,3)16-21(4,5)17-12-14-19(15-13-17)22-18-10-8-7-9-11-18/h7-15H,6,16H2,1-5H3. The second kappa shape index (κ2) is 6.56. The van der Waals surface area contributed by atoms with Crippen LogP contribution in [0, 0.1) is 5.41 Å². The largest absolute Gasteiger partial charge is 0.457 e. The first-order valence-electron chi connectivity index (χ1n) is 8.16. The normalized spacial score (nSPS) is 12.2. The lowest BCUT2D eigenvalue weighted by Gasteiger charge is -2.35. The highest BCUT2D eigenvalue weighted by molar-refractivity contribution is 5.35. The van der Waals surface area contributed by atoms with Crippen LogP contribution in [0.3, 0.4) is 0 Å². The third-order valence-electron chi connectivity index (χ3n) is 4.49. The van der Waals surface area contributed by atoms with Crippen molar-refractivity contribution < 1.29 is 4.74 Å². The number of ether oxygens (including phenoxy) is 1. The van der Waals surface area contributed by atoms with Gasteiger partial charge in [0, 0.05) is 0 Å². The van der Waals surface area contributed by atoms with Gasteiger partial charge in [-0.1, -0.05) is 71.4 Å². The Labute approximate surface area is 135 Å². The van der Waals surface area contributed by atoms with Gasteiger partial charge in [0.05, 0.1) is 0 Å². The average Bonchev–Trinajstić information content (AvgIpc) is 2.48. The zero-order valence-electron chi connectivity index (χ0n) is 14.5. The minimum Gasteiger partial charge on any atom is -0.457 e.